The van der Waals surface area contributed by atoms with Crippen molar-refractivity contribution in [2.45, 2.75) is 25.7 Å². The third-order valence-electron chi connectivity index (χ3n) is 4.03. The molecule has 1 aliphatic heterocycles. The van der Waals surface area contributed by atoms with E-state index < -0.39 is 10.0 Å². The number of ether oxygens (including phenoxy) is 2. The molecule has 2 N–H and O–H groups in total. The normalized spacial score (nSPS) is 16.5. The van der Waals surface area contributed by atoms with Crippen LogP contribution in [0.1, 0.15) is 18.1 Å². The quantitative estimate of drug-likeness (QED) is 0.725. The van der Waals surface area contributed by atoms with Gasteiger partial charge in [0.2, 0.25) is 10.0 Å². The van der Waals surface area contributed by atoms with E-state index in [-0.39, 0.29) is 0 Å². The molecule has 1 aromatic carbocycles. The molecule has 0 amide bonds. The minimum atomic E-state index is -3.50. The molecule has 2 rings (SSSR count). The van der Waals surface area contributed by atoms with Crippen molar-refractivity contribution in [3.63, 3.8) is 0 Å². The molecule has 1 aromatic rings. The van der Waals surface area contributed by atoms with Gasteiger partial charge in [0.25, 0.3) is 0 Å². The Morgan fingerprint density at radius 2 is 1.91 bits per heavy atom. The zero-order valence-electron chi connectivity index (χ0n) is 14.1. The number of sulfonamides is 1. The Morgan fingerprint density at radius 1 is 1.22 bits per heavy atom. The van der Waals surface area contributed by atoms with Gasteiger partial charge in [-0.3, -0.25) is 0 Å². The standard InChI is InChI=1S/C16H26N2O4S/c1-4-22-15-11-14(3)16(12-13(15)2)23(19,20)17-5-6-18-7-9-21-10-8-18/h11-12,17H,4-10H2,1-3H3/p+1. The van der Waals surface area contributed by atoms with Gasteiger partial charge in [-0.2, -0.15) is 0 Å². The predicted molar refractivity (Wildman–Crippen MR) is 88.7 cm³/mol. The first kappa shape index (κ1) is 18.2. The van der Waals surface area contributed by atoms with Crippen LogP contribution in [0.15, 0.2) is 17.0 Å². The van der Waals surface area contributed by atoms with Gasteiger partial charge in [-0.25, -0.2) is 13.1 Å². The van der Waals surface area contributed by atoms with Crippen LogP contribution in [0.4, 0.5) is 0 Å². The second-order valence-corrected chi connectivity index (χ2v) is 7.56. The molecular weight excluding hydrogens is 316 g/mol. The van der Waals surface area contributed by atoms with E-state index in [0.717, 1.165) is 44.2 Å². The topological polar surface area (TPSA) is 69.1 Å². The number of nitrogens with one attached hydrogen (secondary N) is 2. The summed E-state index contributed by atoms with van der Waals surface area (Å²) in [7, 11) is -3.50. The second kappa shape index (κ2) is 8.10. The maximum Gasteiger partial charge on any atom is 0.241 e. The third kappa shape index (κ3) is 4.91. The molecule has 0 bridgehead atoms. The van der Waals surface area contributed by atoms with Crippen LogP contribution in [-0.2, 0) is 14.8 Å². The number of aryl methyl sites for hydroxylation is 2. The van der Waals surface area contributed by atoms with Crippen LogP contribution in [0, 0.1) is 13.8 Å². The minimum Gasteiger partial charge on any atom is -0.494 e. The van der Waals surface area contributed by atoms with Crippen LogP contribution in [0.3, 0.4) is 0 Å². The van der Waals surface area contributed by atoms with Gasteiger partial charge in [-0.15, -0.1) is 0 Å². The average molecular weight is 343 g/mol. The van der Waals surface area contributed by atoms with Gasteiger partial charge in [0.15, 0.2) is 0 Å². The predicted octanol–water partition coefficient (Wildman–Crippen LogP) is -0.104. The van der Waals surface area contributed by atoms with Crippen molar-refractivity contribution in [1.29, 1.82) is 0 Å². The number of morpholine rings is 1. The molecule has 1 aliphatic rings. The number of benzene rings is 1. The van der Waals surface area contributed by atoms with Crippen molar-refractivity contribution >= 4 is 10.0 Å². The summed E-state index contributed by atoms with van der Waals surface area (Å²) in [5.74, 6) is 0.738. The first-order valence-corrected chi connectivity index (χ1v) is 9.57. The summed E-state index contributed by atoms with van der Waals surface area (Å²) in [4.78, 5) is 1.70. The lowest BCUT2D eigenvalue weighted by Gasteiger charge is -2.23. The monoisotopic (exact) mass is 343 g/mol. The van der Waals surface area contributed by atoms with Crippen molar-refractivity contribution in [2.75, 3.05) is 46.0 Å². The SMILES string of the molecule is CCOc1cc(C)c(S(=O)(=O)NCC[NH+]2CCOCC2)cc1C. The molecule has 0 aromatic heterocycles. The van der Waals surface area contributed by atoms with Crippen molar-refractivity contribution < 1.29 is 22.8 Å². The van der Waals surface area contributed by atoms with Crippen molar-refractivity contribution in [2.24, 2.45) is 0 Å². The van der Waals surface area contributed by atoms with Gasteiger partial charge in [0.05, 0.1) is 37.8 Å². The third-order valence-corrected chi connectivity index (χ3v) is 5.64. The fourth-order valence-corrected chi connectivity index (χ4v) is 4.05. The summed E-state index contributed by atoms with van der Waals surface area (Å²) in [6.07, 6.45) is 0. The van der Waals surface area contributed by atoms with Crippen LogP contribution in [0.2, 0.25) is 0 Å². The first-order valence-electron chi connectivity index (χ1n) is 8.09. The Bertz CT molecular complexity index is 625. The van der Waals surface area contributed by atoms with Gasteiger partial charge < -0.3 is 14.4 Å². The summed E-state index contributed by atoms with van der Waals surface area (Å²) >= 11 is 0. The fraction of sp³-hybridized carbons (Fsp3) is 0.625. The minimum absolute atomic E-state index is 0.329. The van der Waals surface area contributed by atoms with Crippen LogP contribution < -0.4 is 14.4 Å². The summed E-state index contributed by atoms with van der Waals surface area (Å²) in [5, 5.41) is 0. The molecule has 7 heteroatoms. The van der Waals surface area contributed by atoms with E-state index in [1.807, 2.05) is 13.8 Å². The van der Waals surface area contributed by atoms with Crippen LogP contribution in [-0.4, -0.2) is 54.4 Å². The zero-order valence-corrected chi connectivity index (χ0v) is 15.0. The summed E-state index contributed by atoms with van der Waals surface area (Å²) in [6.45, 7) is 10.7. The molecule has 1 saturated heterocycles. The highest BCUT2D eigenvalue weighted by Gasteiger charge is 2.20. The first-order chi connectivity index (χ1) is 10.9. The molecule has 130 valence electrons. The zero-order chi connectivity index (χ0) is 16.9. The van der Waals surface area contributed by atoms with E-state index in [2.05, 4.69) is 4.72 Å². The molecule has 0 saturated carbocycles. The summed E-state index contributed by atoms with van der Waals surface area (Å²) < 4.78 is 38.6. The Balaban J connectivity index is 2.02. The number of rotatable bonds is 7. The number of quaternary nitrogens is 1. The van der Waals surface area contributed by atoms with E-state index in [9.17, 15) is 8.42 Å². The molecule has 1 heterocycles. The highest BCUT2D eigenvalue weighted by molar-refractivity contribution is 7.89. The van der Waals surface area contributed by atoms with Gasteiger partial charge >= 0.3 is 0 Å². The molecule has 0 radical (unpaired) electrons. The summed E-state index contributed by atoms with van der Waals surface area (Å²) in [6, 6.07) is 3.48. The maximum absolute atomic E-state index is 12.5. The van der Waals surface area contributed by atoms with Crippen molar-refractivity contribution in [3.8, 4) is 5.75 Å². The van der Waals surface area contributed by atoms with Gasteiger partial charge in [-0.05, 0) is 44.0 Å². The molecular formula is C16H27N2O4S+. The number of hydrogen-bond acceptors (Lipinski definition) is 4. The lowest BCUT2D eigenvalue weighted by molar-refractivity contribution is -0.906. The lowest BCUT2D eigenvalue weighted by Crippen LogP contribution is -3.14. The largest absolute Gasteiger partial charge is 0.494 e. The van der Waals surface area contributed by atoms with Crippen LogP contribution in [0.5, 0.6) is 5.75 Å². The molecule has 6 nitrogen and oxygen atoms in total. The smallest absolute Gasteiger partial charge is 0.241 e. The average Bonchev–Trinajstić information content (AvgIpc) is 2.51. The molecule has 0 aliphatic carbocycles. The van der Waals surface area contributed by atoms with Crippen LogP contribution in [0.25, 0.3) is 0 Å². The molecule has 1 fully saturated rings. The van der Waals surface area contributed by atoms with E-state index >= 15 is 0 Å². The molecule has 0 atom stereocenters. The lowest BCUT2D eigenvalue weighted by atomic mass is 10.1. The molecule has 23 heavy (non-hydrogen) atoms. The Labute approximate surface area is 138 Å². The van der Waals surface area contributed by atoms with Crippen LogP contribution >= 0.6 is 0 Å². The summed E-state index contributed by atoms with van der Waals surface area (Å²) in [5.41, 5.74) is 1.53. The van der Waals surface area contributed by atoms with E-state index in [1.165, 1.54) is 4.90 Å². The fourth-order valence-electron chi connectivity index (χ4n) is 2.71. The Kier molecular flexibility index (Phi) is 6.41. The second-order valence-electron chi connectivity index (χ2n) is 5.83. The Morgan fingerprint density at radius 3 is 2.57 bits per heavy atom. The molecule has 0 unspecified atom stereocenters. The van der Waals surface area contributed by atoms with Gasteiger partial charge in [0.1, 0.15) is 18.8 Å². The Hall–Kier alpha value is -1.15. The van der Waals surface area contributed by atoms with E-state index in [1.54, 1.807) is 19.1 Å². The van der Waals surface area contributed by atoms with Crippen molar-refractivity contribution in [1.82, 2.24) is 4.72 Å². The van der Waals surface area contributed by atoms with E-state index in [4.69, 9.17) is 9.47 Å². The highest BCUT2D eigenvalue weighted by atomic mass is 32.2. The van der Waals surface area contributed by atoms with Gasteiger partial charge in [-0.1, -0.05) is 0 Å². The number of hydrogen-bond donors (Lipinski definition) is 2. The molecule has 0 spiro atoms. The highest BCUT2D eigenvalue weighted by Crippen LogP contribution is 2.25. The van der Waals surface area contributed by atoms with E-state index in [0.29, 0.717) is 23.6 Å². The van der Waals surface area contributed by atoms with Gasteiger partial charge in [0, 0.05) is 0 Å². The maximum atomic E-state index is 12.5. The van der Waals surface area contributed by atoms with Crippen molar-refractivity contribution in [3.05, 3.63) is 23.3 Å².